The van der Waals surface area contributed by atoms with Crippen molar-refractivity contribution in [1.82, 2.24) is 0 Å². The van der Waals surface area contributed by atoms with Crippen LogP contribution in [0.15, 0.2) is 51.8 Å². The lowest BCUT2D eigenvalue weighted by Gasteiger charge is -2.08. The predicted octanol–water partition coefficient (Wildman–Crippen LogP) is 4.63. The van der Waals surface area contributed by atoms with Crippen LogP contribution < -0.4 is 5.32 Å². The predicted molar refractivity (Wildman–Crippen MR) is 84.6 cm³/mol. The topological polar surface area (TPSA) is 29.1 Å². The van der Waals surface area contributed by atoms with Crippen LogP contribution in [0.3, 0.4) is 0 Å². The zero-order valence-electron chi connectivity index (χ0n) is 10.8. The van der Waals surface area contributed by atoms with E-state index >= 15 is 0 Å². The molecule has 0 unspecified atom stereocenters. The number of nitrogens with one attached hydrogen (secondary N) is 1. The molecular weight excluding hydrogens is 341 g/mol. The number of thioether (sulfide) groups is 1. The zero-order valence-corrected chi connectivity index (χ0v) is 13.2. The maximum absolute atomic E-state index is 13.1. The van der Waals surface area contributed by atoms with Gasteiger partial charge in [0.15, 0.2) is 0 Å². The van der Waals surface area contributed by atoms with Crippen molar-refractivity contribution in [2.24, 2.45) is 0 Å². The van der Waals surface area contributed by atoms with Gasteiger partial charge in [-0.3, -0.25) is 4.79 Å². The van der Waals surface area contributed by atoms with Gasteiger partial charge >= 0.3 is 0 Å². The third-order valence-electron chi connectivity index (χ3n) is 2.66. The molecule has 2 aromatic carbocycles. The van der Waals surface area contributed by atoms with Crippen LogP contribution in [0.25, 0.3) is 0 Å². The van der Waals surface area contributed by atoms with Gasteiger partial charge in [0.25, 0.3) is 0 Å². The van der Waals surface area contributed by atoms with E-state index in [1.54, 1.807) is 6.07 Å². The van der Waals surface area contributed by atoms with E-state index in [0.717, 1.165) is 14.9 Å². The molecule has 104 valence electrons. The maximum atomic E-state index is 13.1. The van der Waals surface area contributed by atoms with E-state index in [2.05, 4.69) is 21.2 Å². The van der Waals surface area contributed by atoms with Gasteiger partial charge in [-0.25, -0.2) is 4.39 Å². The van der Waals surface area contributed by atoms with Crippen LogP contribution >= 0.6 is 27.7 Å². The summed E-state index contributed by atoms with van der Waals surface area (Å²) in [5.41, 5.74) is 1.36. The fourth-order valence-corrected chi connectivity index (χ4v) is 2.56. The first-order valence-corrected chi connectivity index (χ1v) is 7.77. The van der Waals surface area contributed by atoms with Gasteiger partial charge in [-0.05, 0) is 48.9 Å². The number of carbonyl (C=O) groups is 1. The molecule has 0 bridgehead atoms. The van der Waals surface area contributed by atoms with Gasteiger partial charge in [-0.1, -0.05) is 22.0 Å². The van der Waals surface area contributed by atoms with Crippen LogP contribution in [-0.2, 0) is 4.79 Å². The molecule has 1 N–H and O–H groups in total. The summed E-state index contributed by atoms with van der Waals surface area (Å²) in [5.74, 6) is -0.213. The summed E-state index contributed by atoms with van der Waals surface area (Å²) in [4.78, 5) is 12.9. The molecular formula is C15H13BrFNOS. The van der Waals surface area contributed by atoms with Gasteiger partial charge in [-0.15, -0.1) is 11.8 Å². The monoisotopic (exact) mass is 353 g/mol. The molecule has 0 aromatic heterocycles. The van der Waals surface area contributed by atoms with E-state index in [0.29, 0.717) is 5.69 Å². The summed E-state index contributed by atoms with van der Waals surface area (Å²) in [6.07, 6.45) is 0. The van der Waals surface area contributed by atoms with Crippen molar-refractivity contribution in [2.75, 3.05) is 11.1 Å². The molecule has 2 aromatic rings. The highest BCUT2D eigenvalue weighted by Gasteiger charge is 2.06. The number of halogens is 2. The molecule has 0 fully saturated rings. The van der Waals surface area contributed by atoms with Crippen molar-refractivity contribution in [3.05, 3.63) is 58.3 Å². The Bertz CT molecular complexity index is 616. The maximum Gasteiger partial charge on any atom is 0.234 e. The van der Waals surface area contributed by atoms with E-state index in [1.807, 2.05) is 31.2 Å². The van der Waals surface area contributed by atoms with Crippen molar-refractivity contribution >= 4 is 39.3 Å². The van der Waals surface area contributed by atoms with Crippen molar-refractivity contribution in [3.63, 3.8) is 0 Å². The van der Waals surface area contributed by atoms with Gasteiger partial charge in [0, 0.05) is 15.1 Å². The molecule has 0 atom stereocenters. The smallest absolute Gasteiger partial charge is 0.234 e. The van der Waals surface area contributed by atoms with Gasteiger partial charge in [0.05, 0.1) is 5.75 Å². The minimum atomic E-state index is -0.355. The van der Waals surface area contributed by atoms with Crippen LogP contribution in [0.4, 0.5) is 10.1 Å². The number of hydrogen-bond acceptors (Lipinski definition) is 2. The Morgan fingerprint density at radius 3 is 2.65 bits per heavy atom. The summed E-state index contributed by atoms with van der Waals surface area (Å²) < 4.78 is 14.1. The van der Waals surface area contributed by atoms with E-state index in [9.17, 15) is 9.18 Å². The lowest BCUT2D eigenvalue weighted by Crippen LogP contribution is -2.14. The summed E-state index contributed by atoms with van der Waals surface area (Å²) in [5, 5.41) is 2.72. The van der Waals surface area contributed by atoms with Gasteiger partial charge < -0.3 is 5.32 Å². The minimum Gasteiger partial charge on any atom is -0.325 e. The number of aryl methyl sites for hydroxylation is 1. The minimum absolute atomic E-state index is 0.147. The molecule has 0 heterocycles. The number of carbonyl (C=O) groups excluding carboxylic acids is 1. The van der Waals surface area contributed by atoms with Gasteiger partial charge in [0.1, 0.15) is 5.82 Å². The second kappa shape index (κ2) is 6.90. The van der Waals surface area contributed by atoms with Crippen molar-refractivity contribution in [2.45, 2.75) is 11.8 Å². The first-order chi connectivity index (χ1) is 9.54. The number of rotatable bonds is 4. The van der Waals surface area contributed by atoms with Crippen LogP contribution in [0, 0.1) is 12.7 Å². The zero-order chi connectivity index (χ0) is 14.5. The van der Waals surface area contributed by atoms with Crippen LogP contribution in [0.5, 0.6) is 0 Å². The first kappa shape index (κ1) is 15.1. The highest BCUT2D eigenvalue weighted by Crippen LogP contribution is 2.21. The molecule has 20 heavy (non-hydrogen) atoms. The molecule has 5 heteroatoms. The highest BCUT2D eigenvalue weighted by molar-refractivity contribution is 9.10. The van der Waals surface area contributed by atoms with Crippen LogP contribution in [0.2, 0.25) is 0 Å². The third-order valence-corrected chi connectivity index (χ3v) is 4.20. The number of amides is 1. The van der Waals surface area contributed by atoms with Crippen LogP contribution in [-0.4, -0.2) is 11.7 Å². The summed E-state index contributed by atoms with van der Waals surface area (Å²) in [7, 11) is 0. The van der Waals surface area contributed by atoms with Crippen molar-refractivity contribution in [1.29, 1.82) is 0 Å². The molecule has 0 aliphatic heterocycles. The molecule has 0 saturated carbocycles. The van der Waals surface area contributed by atoms with E-state index < -0.39 is 0 Å². The average molecular weight is 354 g/mol. The Balaban J connectivity index is 1.92. The Labute approximate surface area is 129 Å². The lowest BCUT2D eigenvalue weighted by atomic mass is 10.2. The fraction of sp³-hybridized carbons (Fsp3) is 0.133. The standard InChI is InChI=1S/C15H13BrFNOS/c1-10-2-5-12(17)8-14(10)18-15(19)9-20-13-6-3-11(16)4-7-13/h2-8H,9H2,1H3,(H,18,19). The molecule has 2 rings (SSSR count). The van der Waals surface area contributed by atoms with E-state index in [4.69, 9.17) is 0 Å². The van der Waals surface area contributed by atoms with Gasteiger partial charge in [-0.2, -0.15) is 0 Å². The Morgan fingerprint density at radius 1 is 1.25 bits per heavy atom. The second-order valence-corrected chi connectivity index (χ2v) is 6.21. The Hall–Kier alpha value is -1.33. The number of hydrogen-bond donors (Lipinski definition) is 1. The molecule has 0 radical (unpaired) electrons. The van der Waals surface area contributed by atoms with E-state index in [1.165, 1.54) is 23.9 Å². The fourth-order valence-electron chi connectivity index (χ4n) is 1.59. The van der Waals surface area contributed by atoms with Gasteiger partial charge in [0.2, 0.25) is 5.91 Å². The summed E-state index contributed by atoms with van der Waals surface area (Å²) >= 11 is 4.80. The molecule has 0 aliphatic rings. The molecule has 0 aliphatic carbocycles. The molecule has 0 spiro atoms. The average Bonchev–Trinajstić information content (AvgIpc) is 2.42. The van der Waals surface area contributed by atoms with Crippen molar-refractivity contribution < 1.29 is 9.18 Å². The Kier molecular flexibility index (Phi) is 5.20. The summed E-state index contributed by atoms with van der Waals surface area (Å²) in [6, 6.07) is 12.1. The first-order valence-electron chi connectivity index (χ1n) is 5.99. The quantitative estimate of drug-likeness (QED) is 0.812. The lowest BCUT2D eigenvalue weighted by molar-refractivity contribution is -0.113. The highest BCUT2D eigenvalue weighted by atomic mass is 79.9. The summed E-state index contributed by atoms with van der Waals surface area (Å²) in [6.45, 7) is 1.83. The second-order valence-electron chi connectivity index (χ2n) is 4.25. The molecule has 2 nitrogen and oxygen atoms in total. The van der Waals surface area contributed by atoms with Crippen molar-refractivity contribution in [3.8, 4) is 0 Å². The number of anilines is 1. The SMILES string of the molecule is Cc1ccc(F)cc1NC(=O)CSc1ccc(Br)cc1. The molecule has 1 amide bonds. The Morgan fingerprint density at radius 2 is 1.95 bits per heavy atom. The third kappa shape index (κ3) is 4.35. The molecule has 0 saturated heterocycles. The van der Waals surface area contributed by atoms with E-state index in [-0.39, 0.29) is 17.5 Å². The van der Waals surface area contributed by atoms with Crippen LogP contribution in [0.1, 0.15) is 5.56 Å². The normalized spacial score (nSPS) is 10.3. The number of benzene rings is 2. The largest absolute Gasteiger partial charge is 0.325 e.